The molecule has 1 amide bonds. The Morgan fingerprint density at radius 3 is 3.00 bits per heavy atom. The summed E-state index contributed by atoms with van der Waals surface area (Å²) in [5.74, 6) is -0.193. The van der Waals surface area contributed by atoms with Gasteiger partial charge in [0.15, 0.2) is 0 Å². The van der Waals surface area contributed by atoms with Gasteiger partial charge in [0, 0.05) is 27.2 Å². The average molecular weight is 307 g/mol. The summed E-state index contributed by atoms with van der Waals surface area (Å²) in [6.07, 6.45) is 3.16. The molecule has 2 heterocycles. The smallest absolute Gasteiger partial charge is 0.263 e. The third-order valence-electron chi connectivity index (χ3n) is 2.93. The molecule has 20 heavy (non-hydrogen) atoms. The minimum Gasteiger partial charge on any atom is -0.472 e. The largest absolute Gasteiger partial charge is 0.472 e. The maximum Gasteiger partial charge on any atom is 0.263 e. The van der Waals surface area contributed by atoms with Crippen molar-refractivity contribution in [3.63, 3.8) is 0 Å². The van der Waals surface area contributed by atoms with E-state index in [2.05, 4.69) is 5.32 Å². The Bertz CT molecular complexity index is 765. The first-order valence-corrected chi connectivity index (χ1v) is 7.11. The van der Waals surface area contributed by atoms with E-state index in [1.165, 1.54) is 11.3 Å². The molecule has 0 saturated heterocycles. The molecule has 0 fully saturated rings. The number of rotatable bonds is 3. The second-order valence-electron chi connectivity index (χ2n) is 4.30. The zero-order valence-electron chi connectivity index (χ0n) is 10.4. The number of carbonyl (C=O) groups excluding carboxylic acids is 1. The van der Waals surface area contributed by atoms with Crippen molar-refractivity contribution in [1.29, 1.82) is 0 Å². The van der Waals surface area contributed by atoms with Gasteiger partial charge in [0.1, 0.15) is 4.88 Å². The first-order valence-electron chi connectivity index (χ1n) is 5.92. The number of benzene rings is 1. The van der Waals surface area contributed by atoms with E-state index in [1.54, 1.807) is 24.7 Å². The highest BCUT2D eigenvalue weighted by Gasteiger charge is 2.16. The third kappa shape index (κ3) is 2.37. The monoisotopic (exact) mass is 306 g/mol. The summed E-state index contributed by atoms with van der Waals surface area (Å²) < 4.78 is 5.86. The Balaban J connectivity index is 1.85. The first kappa shape index (κ1) is 13.0. The summed E-state index contributed by atoms with van der Waals surface area (Å²) in [6.45, 7) is 0.407. The predicted molar refractivity (Wildman–Crippen MR) is 81.1 cm³/mol. The molecular weight excluding hydrogens is 296 g/mol. The van der Waals surface area contributed by atoms with Crippen LogP contribution in [0.25, 0.3) is 10.1 Å². The summed E-state index contributed by atoms with van der Waals surface area (Å²) >= 11 is 7.28. The maximum atomic E-state index is 12.2. The van der Waals surface area contributed by atoms with Crippen LogP contribution in [-0.2, 0) is 6.54 Å². The van der Waals surface area contributed by atoms with Crippen LogP contribution in [0.1, 0.15) is 15.2 Å². The number of anilines is 1. The number of furan rings is 1. The second-order valence-corrected chi connectivity index (χ2v) is 5.79. The Labute approximate surface area is 124 Å². The molecule has 2 aromatic heterocycles. The molecule has 3 aromatic rings. The Hall–Kier alpha value is -1.98. The number of fused-ring (bicyclic) bond motifs is 1. The van der Waals surface area contributed by atoms with E-state index in [4.69, 9.17) is 21.8 Å². The van der Waals surface area contributed by atoms with Crippen molar-refractivity contribution in [1.82, 2.24) is 5.32 Å². The molecule has 3 N–H and O–H groups in total. The molecule has 0 aliphatic rings. The van der Waals surface area contributed by atoms with E-state index in [0.29, 0.717) is 22.1 Å². The molecule has 0 radical (unpaired) electrons. The number of nitrogen functional groups attached to an aromatic ring is 1. The van der Waals surface area contributed by atoms with Crippen LogP contribution in [0, 0.1) is 0 Å². The van der Waals surface area contributed by atoms with Gasteiger partial charge >= 0.3 is 0 Å². The Morgan fingerprint density at radius 2 is 2.25 bits per heavy atom. The highest BCUT2D eigenvalue weighted by molar-refractivity contribution is 7.21. The molecule has 4 nitrogen and oxygen atoms in total. The quantitative estimate of drug-likeness (QED) is 0.776. The van der Waals surface area contributed by atoms with Crippen LogP contribution in [0.5, 0.6) is 0 Å². The van der Waals surface area contributed by atoms with Gasteiger partial charge in [-0.25, -0.2) is 0 Å². The van der Waals surface area contributed by atoms with Gasteiger partial charge in [-0.15, -0.1) is 11.3 Å². The number of amides is 1. The van der Waals surface area contributed by atoms with Gasteiger partial charge in [0.05, 0.1) is 18.2 Å². The minimum absolute atomic E-state index is 0.193. The van der Waals surface area contributed by atoms with Gasteiger partial charge in [-0.3, -0.25) is 4.79 Å². The van der Waals surface area contributed by atoms with Gasteiger partial charge in [0.25, 0.3) is 5.91 Å². The predicted octanol–water partition coefficient (Wildman–Crippen LogP) is 3.66. The normalized spacial score (nSPS) is 10.8. The summed E-state index contributed by atoms with van der Waals surface area (Å²) in [5, 5.41) is 4.30. The molecule has 0 saturated carbocycles. The fourth-order valence-corrected chi connectivity index (χ4v) is 3.23. The maximum absolute atomic E-state index is 12.2. The number of thiophene rings is 1. The summed E-state index contributed by atoms with van der Waals surface area (Å²) in [7, 11) is 0. The molecule has 1 aromatic carbocycles. The van der Waals surface area contributed by atoms with Gasteiger partial charge in [-0.2, -0.15) is 0 Å². The molecular formula is C14H11ClN2O2S. The van der Waals surface area contributed by atoms with E-state index >= 15 is 0 Å². The van der Waals surface area contributed by atoms with E-state index in [0.717, 1.165) is 15.6 Å². The average Bonchev–Trinajstić information content (AvgIpc) is 3.04. The molecule has 3 rings (SSSR count). The SMILES string of the molecule is Nc1c(C(=O)NCc2ccoc2)sc2cc(Cl)ccc12. The fraction of sp³-hybridized carbons (Fsp3) is 0.0714. The summed E-state index contributed by atoms with van der Waals surface area (Å²) in [5.41, 5.74) is 7.42. The van der Waals surface area contributed by atoms with Gasteiger partial charge in [0.2, 0.25) is 0 Å². The van der Waals surface area contributed by atoms with Gasteiger partial charge < -0.3 is 15.5 Å². The molecule has 0 unspecified atom stereocenters. The van der Waals surface area contributed by atoms with E-state index < -0.39 is 0 Å². The van der Waals surface area contributed by atoms with E-state index in [1.807, 2.05) is 12.1 Å². The van der Waals surface area contributed by atoms with Crippen LogP contribution in [0.2, 0.25) is 5.02 Å². The van der Waals surface area contributed by atoms with E-state index in [9.17, 15) is 4.79 Å². The number of halogens is 1. The lowest BCUT2D eigenvalue weighted by molar-refractivity contribution is 0.0956. The minimum atomic E-state index is -0.193. The van der Waals surface area contributed by atoms with Crippen LogP contribution in [0.3, 0.4) is 0 Å². The molecule has 0 spiro atoms. The standard InChI is InChI=1S/C14H11ClN2O2S/c15-9-1-2-10-11(5-9)20-13(12(10)16)14(18)17-6-8-3-4-19-7-8/h1-5,7H,6,16H2,(H,17,18). The Kier molecular flexibility index (Phi) is 3.38. The molecule has 0 bridgehead atoms. The zero-order chi connectivity index (χ0) is 14.1. The third-order valence-corrected chi connectivity index (χ3v) is 4.33. The topological polar surface area (TPSA) is 68.3 Å². The molecule has 6 heteroatoms. The first-order chi connectivity index (χ1) is 9.65. The van der Waals surface area contributed by atoms with Crippen LogP contribution < -0.4 is 11.1 Å². The number of hydrogen-bond acceptors (Lipinski definition) is 4. The summed E-state index contributed by atoms with van der Waals surface area (Å²) in [6, 6.07) is 7.20. The van der Waals surface area contributed by atoms with Crippen molar-refractivity contribution >= 4 is 44.6 Å². The van der Waals surface area contributed by atoms with Crippen molar-refractivity contribution < 1.29 is 9.21 Å². The van der Waals surface area contributed by atoms with Crippen LogP contribution in [0.15, 0.2) is 41.2 Å². The van der Waals surface area contributed by atoms with Crippen molar-refractivity contribution in [2.45, 2.75) is 6.54 Å². The van der Waals surface area contributed by atoms with E-state index in [-0.39, 0.29) is 5.91 Å². The fourth-order valence-electron chi connectivity index (χ4n) is 1.91. The lowest BCUT2D eigenvalue weighted by Gasteiger charge is -2.02. The highest BCUT2D eigenvalue weighted by atomic mass is 35.5. The molecule has 102 valence electrons. The van der Waals surface area contributed by atoms with Crippen molar-refractivity contribution in [3.05, 3.63) is 52.3 Å². The van der Waals surface area contributed by atoms with Crippen LogP contribution in [0.4, 0.5) is 5.69 Å². The van der Waals surface area contributed by atoms with Crippen LogP contribution in [-0.4, -0.2) is 5.91 Å². The number of nitrogens with one attached hydrogen (secondary N) is 1. The molecule has 0 aliphatic heterocycles. The number of hydrogen-bond donors (Lipinski definition) is 2. The van der Waals surface area contributed by atoms with Gasteiger partial charge in [-0.05, 0) is 24.3 Å². The molecule has 0 atom stereocenters. The lowest BCUT2D eigenvalue weighted by Crippen LogP contribution is -2.22. The second kappa shape index (κ2) is 5.19. The van der Waals surface area contributed by atoms with Crippen molar-refractivity contribution in [2.24, 2.45) is 0 Å². The molecule has 0 aliphatic carbocycles. The Morgan fingerprint density at radius 1 is 1.40 bits per heavy atom. The van der Waals surface area contributed by atoms with Crippen molar-refractivity contribution in [2.75, 3.05) is 5.73 Å². The van der Waals surface area contributed by atoms with Crippen molar-refractivity contribution in [3.8, 4) is 0 Å². The number of nitrogens with two attached hydrogens (primary N) is 1. The number of carbonyl (C=O) groups is 1. The van der Waals surface area contributed by atoms with Crippen LogP contribution >= 0.6 is 22.9 Å². The zero-order valence-corrected chi connectivity index (χ0v) is 11.9. The summed E-state index contributed by atoms with van der Waals surface area (Å²) in [4.78, 5) is 12.7. The lowest BCUT2D eigenvalue weighted by atomic mass is 10.2. The highest BCUT2D eigenvalue weighted by Crippen LogP contribution is 2.35. The van der Waals surface area contributed by atoms with Gasteiger partial charge in [-0.1, -0.05) is 11.6 Å².